The van der Waals surface area contributed by atoms with Gasteiger partial charge < -0.3 is 9.47 Å². The average Bonchev–Trinajstić information content (AvgIpc) is 2.80. The molecule has 1 heterocycles. The summed E-state index contributed by atoms with van der Waals surface area (Å²) in [5.41, 5.74) is 1.76. The van der Waals surface area contributed by atoms with E-state index in [0.717, 1.165) is 63.7 Å². The molecule has 31 heavy (non-hydrogen) atoms. The third kappa shape index (κ3) is 6.60. The van der Waals surface area contributed by atoms with Crippen molar-refractivity contribution in [3.8, 4) is 0 Å². The van der Waals surface area contributed by atoms with Gasteiger partial charge in [0.25, 0.3) is 0 Å². The quantitative estimate of drug-likeness (QED) is 0.284. The van der Waals surface area contributed by atoms with Crippen LogP contribution in [0.25, 0.3) is 5.57 Å². The molecule has 1 unspecified atom stereocenters. The van der Waals surface area contributed by atoms with Crippen LogP contribution in [0.2, 0.25) is 0 Å². The molecule has 170 valence electrons. The van der Waals surface area contributed by atoms with Crippen LogP contribution in [0.5, 0.6) is 0 Å². The van der Waals surface area contributed by atoms with E-state index in [-0.39, 0.29) is 12.2 Å². The standard InChI is InChI=1S/C27H36F2O2/c1-3-5-7-9-11-22-16-17-24(26(29)25(22)28)21-12-14-23(15-13-21)27-30-18-20(19-31-27)10-8-6-4-2/h3-4,6,12,16-17,20,23,27H,1,5,7-11,13-15,18-19H2,2H3/b6-4+. The fourth-order valence-electron chi connectivity index (χ4n) is 4.48. The van der Waals surface area contributed by atoms with Gasteiger partial charge in [0.05, 0.1) is 13.2 Å². The van der Waals surface area contributed by atoms with Crippen molar-refractivity contribution in [1.29, 1.82) is 0 Å². The van der Waals surface area contributed by atoms with Crippen molar-refractivity contribution in [3.63, 3.8) is 0 Å². The number of benzene rings is 1. The number of halogens is 2. The van der Waals surface area contributed by atoms with Crippen molar-refractivity contribution < 1.29 is 18.3 Å². The molecule has 0 aromatic heterocycles. The monoisotopic (exact) mass is 430 g/mol. The molecular weight excluding hydrogens is 394 g/mol. The molecule has 0 amide bonds. The van der Waals surface area contributed by atoms with Crippen LogP contribution >= 0.6 is 0 Å². The van der Waals surface area contributed by atoms with Gasteiger partial charge in [0.15, 0.2) is 17.9 Å². The third-order valence-corrected chi connectivity index (χ3v) is 6.42. The van der Waals surface area contributed by atoms with Crippen LogP contribution in [-0.2, 0) is 15.9 Å². The summed E-state index contributed by atoms with van der Waals surface area (Å²) < 4.78 is 41.3. The Morgan fingerprint density at radius 3 is 2.58 bits per heavy atom. The van der Waals surface area contributed by atoms with Crippen LogP contribution in [0.4, 0.5) is 8.78 Å². The molecule has 0 radical (unpaired) electrons. The molecule has 1 fully saturated rings. The number of hydrogen-bond acceptors (Lipinski definition) is 2. The minimum Gasteiger partial charge on any atom is -0.352 e. The van der Waals surface area contributed by atoms with Crippen molar-refractivity contribution in [3.05, 3.63) is 65.8 Å². The van der Waals surface area contributed by atoms with E-state index >= 15 is 0 Å². The molecule has 0 saturated carbocycles. The average molecular weight is 431 g/mol. The van der Waals surface area contributed by atoms with E-state index in [1.54, 1.807) is 12.1 Å². The van der Waals surface area contributed by atoms with Crippen molar-refractivity contribution in [2.24, 2.45) is 11.8 Å². The zero-order chi connectivity index (χ0) is 22.1. The van der Waals surface area contributed by atoms with Crippen LogP contribution < -0.4 is 0 Å². The molecule has 1 aliphatic carbocycles. The zero-order valence-electron chi connectivity index (χ0n) is 18.8. The maximum atomic E-state index is 14.8. The van der Waals surface area contributed by atoms with Crippen molar-refractivity contribution >= 4 is 5.57 Å². The molecule has 3 rings (SSSR count). The summed E-state index contributed by atoms with van der Waals surface area (Å²) >= 11 is 0. The van der Waals surface area contributed by atoms with Crippen LogP contribution in [0.1, 0.15) is 69.4 Å². The Hall–Kier alpha value is -1.78. The maximum Gasteiger partial charge on any atom is 0.166 e. The van der Waals surface area contributed by atoms with Crippen LogP contribution in [0.15, 0.2) is 43.0 Å². The number of rotatable bonds is 10. The summed E-state index contributed by atoms with van der Waals surface area (Å²) in [4.78, 5) is 0. The number of aryl methyl sites for hydroxylation is 1. The maximum absolute atomic E-state index is 14.8. The number of unbranched alkanes of at least 4 members (excludes halogenated alkanes) is 2. The highest BCUT2D eigenvalue weighted by Crippen LogP contribution is 2.36. The predicted molar refractivity (Wildman–Crippen MR) is 123 cm³/mol. The van der Waals surface area contributed by atoms with Gasteiger partial charge in [-0.3, -0.25) is 0 Å². The van der Waals surface area contributed by atoms with Gasteiger partial charge in [-0.15, -0.1) is 6.58 Å². The summed E-state index contributed by atoms with van der Waals surface area (Å²) in [6, 6.07) is 3.49. The second-order valence-electron chi connectivity index (χ2n) is 8.75. The Bertz CT molecular complexity index is 776. The van der Waals surface area contributed by atoms with Gasteiger partial charge in [-0.2, -0.15) is 0 Å². The van der Waals surface area contributed by atoms with E-state index < -0.39 is 11.6 Å². The molecule has 2 nitrogen and oxygen atoms in total. The van der Waals surface area contributed by atoms with Gasteiger partial charge in [-0.25, -0.2) is 8.78 Å². The molecule has 1 atom stereocenters. The largest absolute Gasteiger partial charge is 0.352 e. The van der Waals surface area contributed by atoms with Crippen LogP contribution in [0, 0.1) is 23.5 Å². The topological polar surface area (TPSA) is 18.5 Å². The summed E-state index contributed by atoms with van der Waals surface area (Å²) in [5.74, 6) is -0.672. The minimum absolute atomic E-state index is 0.185. The van der Waals surface area contributed by atoms with E-state index in [2.05, 4.69) is 18.7 Å². The summed E-state index contributed by atoms with van der Waals surface area (Å²) in [7, 11) is 0. The molecule has 0 bridgehead atoms. The lowest BCUT2D eigenvalue weighted by atomic mass is 9.85. The Kier molecular flexibility index (Phi) is 9.48. The first-order valence-corrected chi connectivity index (χ1v) is 11.8. The lowest BCUT2D eigenvalue weighted by Gasteiger charge is -2.35. The van der Waals surface area contributed by atoms with Crippen molar-refractivity contribution in [2.45, 2.75) is 71.0 Å². The van der Waals surface area contributed by atoms with E-state index in [0.29, 0.717) is 29.9 Å². The molecular formula is C27H36F2O2. The van der Waals surface area contributed by atoms with Crippen LogP contribution in [0.3, 0.4) is 0 Å². The molecule has 1 saturated heterocycles. The third-order valence-electron chi connectivity index (χ3n) is 6.42. The molecule has 4 heteroatoms. The Morgan fingerprint density at radius 2 is 1.90 bits per heavy atom. The van der Waals surface area contributed by atoms with E-state index in [4.69, 9.17) is 9.47 Å². The highest BCUT2D eigenvalue weighted by molar-refractivity contribution is 5.67. The molecule has 2 aliphatic rings. The summed E-state index contributed by atoms with van der Waals surface area (Å²) in [5, 5.41) is 0. The second kappa shape index (κ2) is 12.3. The smallest absolute Gasteiger partial charge is 0.166 e. The van der Waals surface area contributed by atoms with E-state index in [1.165, 1.54) is 0 Å². The van der Waals surface area contributed by atoms with Crippen molar-refractivity contribution in [1.82, 2.24) is 0 Å². The van der Waals surface area contributed by atoms with Crippen molar-refractivity contribution in [2.75, 3.05) is 13.2 Å². The summed E-state index contributed by atoms with van der Waals surface area (Å²) in [6.07, 6.45) is 15.7. The predicted octanol–water partition coefficient (Wildman–Crippen LogP) is 7.39. The second-order valence-corrected chi connectivity index (χ2v) is 8.75. The Labute approximate surface area is 186 Å². The van der Waals surface area contributed by atoms with Gasteiger partial charge in [-0.05, 0) is 75.8 Å². The highest BCUT2D eigenvalue weighted by Gasteiger charge is 2.31. The van der Waals surface area contributed by atoms with Gasteiger partial charge in [-0.1, -0.05) is 36.4 Å². The summed E-state index contributed by atoms with van der Waals surface area (Å²) in [6.45, 7) is 7.21. The SMILES string of the molecule is C=CCCCCc1ccc(C2=CCC(C3OCC(CC/C=C/C)CO3)CC2)c(F)c1F. The normalized spacial score (nSPS) is 24.4. The molecule has 1 aromatic rings. The molecule has 1 aromatic carbocycles. The molecule has 0 N–H and O–H groups in total. The highest BCUT2D eigenvalue weighted by atomic mass is 19.2. The lowest BCUT2D eigenvalue weighted by Crippen LogP contribution is -2.37. The fourth-order valence-corrected chi connectivity index (χ4v) is 4.48. The first kappa shape index (κ1) is 23.9. The molecule has 1 aliphatic heterocycles. The first-order valence-electron chi connectivity index (χ1n) is 11.8. The minimum atomic E-state index is -0.708. The van der Waals surface area contributed by atoms with Gasteiger partial charge in [0, 0.05) is 17.4 Å². The number of ether oxygens (including phenoxy) is 2. The lowest BCUT2D eigenvalue weighted by molar-refractivity contribution is -0.225. The molecule has 0 spiro atoms. The fraction of sp³-hybridized carbons (Fsp3) is 0.556. The van der Waals surface area contributed by atoms with Gasteiger partial charge in [0.1, 0.15) is 0 Å². The number of allylic oxidation sites excluding steroid dienone is 5. The van der Waals surface area contributed by atoms with E-state index in [9.17, 15) is 8.78 Å². The zero-order valence-corrected chi connectivity index (χ0v) is 18.8. The first-order chi connectivity index (χ1) is 15.1. The Morgan fingerprint density at radius 1 is 1.10 bits per heavy atom. The van der Waals surface area contributed by atoms with Gasteiger partial charge in [0.2, 0.25) is 0 Å². The van der Waals surface area contributed by atoms with Crippen LogP contribution in [-0.4, -0.2) is 19.5 Å². The van der Waals surface area contributed by atoms with E-state index in [1.807, 2.05) is 19.1 Å². The number of hydrogen-bond donors (Lipinski definition) is 0. The van der Waals surface area contributed by atoms with Gasteiger partial charge >= 0.3 is 0 Å². The Balaban J connectivity index is 1.53.